The Balaban J connectivity index is 2.58. The number of hydrogen-bond donors (Lipinski definition) is 2. The van der Waals surface area contributed by atoms with Crippen LogP contribution >= 0.6 is 0 Å². The van der Waals surface area contributed by atoms with E-state index >= 15 is 0 Å². The molecule has 0 unspecified atom stereocenters. The molecule has 19 heavy (non-hydrogen) atoms. The summed E-state index contributed by atoms with van der Waals surface area (Å²) in [6, 6.07) is 1.68. The first-order valence-corrected chi connectivity index (χ1v) is 6.81. The molecule has 0 fully saturated rings. The van der Waals surface area contributed by atoms with Crippen LogP contribution in [0.4, 0.5) is 5.82 Å². The monoisotopic (exact) mass is 264 g/mol. The predicted octanol–water partition coefficient (Wildman–Crippen LogP) is 2.61. The average molecular weight is 264 g/mol. The standard InChI is InChI=1S/C14H24N4O/c1-5-6-7-8-15-13(19)11-9-12(17-10-16-11)18-14(2,3)4/h9-10H,5-8H2,1-4H3,(H,15,19)(H,16,17,18). The SMILES string of the molecule is CCCCCNC(=O)c1cc(NC(C)(C)C)ncn1. The summed E-state index contributed by atoms with van der Waals surface area (Å²) in [7, 11) is 0. The summed E-state index contributed by atoms with van der Waals surface area (Å²) in [5.41, 5.74) is 0.307. The van der Waals surface area contributed by atoms with Crippen molar-refractivity contribution in [3.8, 4) is 0 Å². The molecule has 0 spiro atoms. The van der Waals surface area contributed by atoms with Crippen LogP contribution in [0.5, 0.6) is 0 Å². The van der Waals surface area contributed by atoms with E-state index in [9.17, 15) is 4.79 Å². The van der Waals surface area contributed by atoms with Gasteiger partial charge in [-0.15, -0.1) is 0 Å². The molecule has 0 aliphatic heterocycles. The zero-order chi connectivity index (χ0) is 14.3. The van der Waals surface area contributed by atoms with Gasteiger partial charge in [-0.1, -0.05) is 19.8 Å². The highest BCUT2D eigenvalue weighted by Crippen LogP contribution is 2.11. The first-order valence-electron chi connectivity index (χ1n) is 6.81. The summed E-state index contributed by atoms with van der Waals surface area (Å²) in [5.74, 6) is 0.525. The lowest BCUT2D eigenvalue weighted by molar-refractivity contribution is 0.0948. The zero-order valence-corrected chi connectivity index (χ0v) is 12.3. The molecule has 0 atom stereocenters. The third kappa shape index (κ3) is 6.18. The van der Waals surface area contributed by atoms with E-state index in [0.29, 0.717) is 18.1 Å². The fourth-order valence-corrected chi connectivity index (χ4v) is 1.60. The molecule has 5 heteroatoms. The Labute approximate surface area is 115 Å². The van der Waals surface area contributed by atoms with Gasteiger partial charge in [-0.25, -0.2) is 9.97 Å². The van der Waals surface area contributed by atoms with Gasteiger partial charge in [-0.3, -0.25) is 4.79 Å². The van der Waals surface area contributed by atoms with E-state index in [4.69, 9.17) is 0 Å². The summed E-state index contributed by atoms with van der Waals surface area (Å²) >= 11 is 0. The van der Waals surface area contributed by atoms with E-state index in [0.717, 1.165) is 19.3 Å². The van der Waals surface area contributed by atoms with E-state index in [1.54, 1.807) is 6.07 Å². The minimum absolute atomic E-state index is 0.0940. The normalized spacial score (nSPS) is 11.2. The van der Waals surface area contributed by atoms with E-state index in [-0.39, 0.29) is 11.4 Å². The Bertz CT molecular complexity index is 412. The molecule has 5 nitrogen and oxygen atoms in total. The van der Waals surface area contributed by atoms with Gasteiger partial charge in [-0.2, -0.15) is 0 Å². The van der Waals surface area contributed by atoms with Gasteiger partial charge in [0.05, 0.1) is 0 Å². The van der Waals surface area contributed by atoms with Crippen LogP contribution in [-0.4, -0.2) is 28.0 Å². The highest BCUT2D eigenvalue weighted by Gasteiger charge is 2.13. The van der Waals surface area contributed by atoms with Crippen molar-refractivity contribution in [2.45, 2.75) is 52.5 Å². The third-order valence-corrected chi connectivity index (χ3v) is 2.47. The predicted molar refractivity (Wildman–Crippen MR) is 77.3 cm³/mol. The first kappa shape index (κ1) is 15.4. The molecule has 0 radical (unpaired) electrons. The Hall–Kier alpha value is -1.65. The molecule has 1 aromatic rings. The maximum atomic E-state index is 11.9. The molecule has 1 heterocycles. The van der Waals surface area contributed by atoms with Crippen LogP contribution in [0, 0.1) is 0 Å². The van der Waals surface area contributed by atoms with Crippen molar-refractivity contribution in [1.82, 2.24) is 15.3 Å². The number of carbonyl (C=O) groups is 1. The molecule has 106 valence electrons. The van der Waals surface area contributed by atoms with Crippen LogP contribution in [0.15, 0.2) is 12.4 Å². The Morgan fingerprint density at radius 2 is 2.00 bits per heavy atom. The van der Waals surface area contributed by atoms with Crippen LogP contribution in [-0.2, 0) is 0 Å². The molecule has 0 saturated carbocycles. The largest absolute Gasteiger partial charge is 0.365 e. The number of anilines is 1. The summed E-state index contributed by atoms with van der Waals surface area (Å²) in [6.45, 7) is 8.95. The van der Waals surface area contributed by atoms with Gasteiger partial charge in [0, 0.05) is 18.2 Å². The number of rotatable bonds is 6. The highest BCUT2D eigenvalue weighted by molar-refractivity contribution is 5.92. The number of unbranched alkanes of at least 4 members (excludes halogenated alkanes) is 2. The second-order valence-electron chi connectivity index (χ2n) is 5.63. The fourth-order valence-electron chi connectivity index (χ4n) is 1.60. The Morgan fingerprint density at radius 1 is 1.26 bits per heavy atom. The van der Waals surface area contributed by atoms with E-state index in [2.05, 4.69) is 27.5 Å². The minimum Gasteiger partial charge on any atom is -0.365 e. The summed E-state index contributed by atoms with van der Waals surface area (Å²) in [5, 5.41) is 6.09. The second kappa shape index (κ2) is 7.07. The van der Waals surface area contributed by atoms with Crippen molar-refractivity contribution >= 4 is 11.7 Å². The summed E-state index contributed by atoms with van der Waals surface area (Å²) in [4.78, 5) is 20.0. The lowest BCUT2D eigenvalue weighted by Crippen LogP contribution is -2.28. The molecule has 0 aliphatic carbocycles. The quantitative estimate of drug-likeness (QED) is 0.775. The maximum Gasteiger partial charge on any atom is 0.270 e. The van der Waals surface area contributed by atoms with Gasteiger partial charge in [0.2, 0.25) is 0 Å². The summed E-state index contributed by atoms with van der Waals surface area (Å²) in [6.07, 6.45) is 4.68. The molecule has 1 aromatic heterocycles. The molecule has 0 aromatic carbocycles. The zero-order valence-electron chi connectivity index (χ0n) is 12.3. The van der Waals surface area contributed by atoms with Gasteiger partial charge in [0.25, 0.3) is 5.91 Å². The van der Waals surface area contributed by atoms with Crippen molar-refractivity contribution in [3.63, 3.8) is 0 Å². The number of nitrogens with zero attached hydrogens (tertiary/aromatic N) is 2. The lowest BCUT2D eigenvalue weighted by Gasteiger charge is -2.21. The molecule has 1 amide bonds. The Kier molecular flexibility index (Phi) is 5.73. The number of carbonyl (C=O) groups excluding carboxylic acids is 1. The molecule has 1 rings (SSSR count). The van der Waals surface area contributed by atoms with Crippen LogP contribution in [0.1, 0.15) is 57.4 Å². The molecular formula is C14H24N4O. The topological polar surface area (TPSA) is 66.9 Å². The van der Waals surface area contributed by atoms with E-state index < -0.39 is 0 Å². The van der Waals surface area contributed by atoms with Gasteiger partial charge in [-0.05, 0) is 27.2 Å². The number of nitrogens with one attached hydrogen (secondary N) is 2. The van der Waals surface area contributed by atoms with Crippen LogP contribution < -0.4 is 10.6 Å². The molecule has 0 saturated heterocycles. The van der Waals surface area contributed by atoms with Gasteiger partial charge in [0.15, 0.2) is 0 Å². The summed E-state index contributed by atoms with van der Waals surface area (Å²) < 4.78 is 0. The molecule has 0 aliphatic rings. The van der Waals surface area contributed by atoms with Crippen molar-refractivity contribution in [3.05, 3.63) is 18.1 Å². The van der Waals surface area contributed by atoms with Gasteiger partial charge in [0.1, 0.15) is 17.8 Å². The smallest absolute Gasteiger partial charge is 0.270 e. The molecule has 0 bridgehead atoms. The number of aromatic nitrogens is 2. The third-order valence-electron chi connectivity index (χ3n) is 2.47. The number of hydrogen-bond acceptors (Lipinski definition) is 4. The molecular weight excluding hydrogens is 240 g/mol. The average Bonchev–Trinajstić information content (AvgIpc) is 2.32. The molecule has 2 N–H and O–H groups in total. The Morgan fingerprint density at radius 3 is 2.63 bits per heavy atom. The maximum absolute atomic E-state index is 11.9. The number of amides is 1. The van der Waals surface area contributed by atoms with Gasteiger partial charge >= 0.3 is 0 Å². The van der Waals surface area contributed by atoms with Gasteiger partial charge < -0.3 is 10.6 Å². The van der Waals surface area contributed by atoms with Crippen molar-refractivity contribution < 1.29 is 4.79 Å². The van der Waals surface area contributed by atoms with E-state index in [1.165, 1.54) is 6.33 Å². The van der Waals surface area contributed by atoms with Crippen LogP contribution in [0.25, 0.3) is 0 Å². The minimum atomic E-state index is -0.143. The van der Waals surface area contributed by atoms with E-state index in [1.807, 2.05) is 20.8 Å². The van der Waals surface area contributed by atoms with Crippen LogP contribution in [0.2, 0.25) is 0 Å². The van der Waals surface area contributed by atoms with Crippen molar-refractivity contribution in [1.29, 1.82) is 0 Å². The van der Waals surface area contributed by atoms with Crippen LogP contribution in [0.3, 0.4) is 0 Å². The second-order valence-corrected chi connectivity index (χ2v) is 5.63. The fraction of sp³-hybridized carbons (Fsp3) is 0.643. The highest BCUT2D eigenvalue weighted by atomic mass is 16.1. The first-order chi connectivity index (χ1) is 8.92. The lowest BCUT2D eigenvalue weighted by atomic mass is 10.1. The van der Waals surface area contributed by atoms with Crippen molar-refractivity contribution in [2.75, 3.05) is 11.9 Å². The van der Waals surface area contributed by atoms with Crippen molar-refractivity contribution in [2.24, 2.45) is 0 Å².